The van der Waals surface area contributed by atoms with Gasteiger partial charge in [0.25, 0.3) is 0 Å². The highest BCUT2D eigenvalue weighted by atomic mass is 79.9. The van der Waals surface area contributed by atoms with Crippen molar-refractivity contribution in [2.45, 2.75) is 25.3 Å². The van der Waals surface area contributed by atoms with E-state index in [2.05, 4.69) is 36.6 Å². The summed E-state index contributed by atoms with van der Waals surface area (Å²) in [6, 6.07) is 2.88. The number of hydrogen-bond donors (Lipinski definition) is 0. The molecule has 0 atom stereocenters. The zero-order valence-corrected chi connectivity index (χ0v) is 13.3. The summed E-state index contributed by atoms with van der Waals surface area (Å²) in [5.41, 5.74) is 1.38. The van der Waals surface area contributed by atoms with Crippen LogP contribution in [0.5, 0.6) is 5.75 Å². The Kier molecular flexibility index (Phi) is 6.71. The van der Waals surface area contributed by atoms with Gasteiger partial charge in [0.1, 0.15) is 5.75 Å². The highest BCUT2D eigenvalue weighted by molar-refractivity contribution is 9.10. The third-order valence-electron chi connectivity index (χ3n) is 2.26. The SMILES string of the molecule is CCOC(=O)Cc1c(Br)cc(OC(F)F)cc1CBr. The molecule has 0 aliphatic carbocycles. The van der Waals surface area contributed by atoms with E-state index in [0.29, 0.717) is 27.5 Å². The van der Waals surface area contributed by atoms with Crippen molar-refractivity contribution in [2.75, 3.05) is 6.61 Å². The second-order valence-corrected chi connectivity index (χ2v) is 4.95. The molecule has 0 N–H and O–H groups in total. The summed E-state index contributed by atoms with van der Waals surface area (Å²) in [4.78, 5) is 11.5. The molecule has 106 valence electrons. The van der Waals surface area contributed by atoms with Crippen molar-refractivity contribution in [3.05, 3.63) is 27.7 Å². The fourth-order valence-electron chi connectivity index (χ4n) is 1.51. The lowest BCUT2D eigenvalue weighted by atomic mass is 10.1. The standard InChI is InChI=1S/C12H12Br2F2O3/c1-2-18-11(17)5-9-7(6-13)3-8(4-10(9)14)19-12(15)16/h3-4,12H,2,5-6H2,1H3. The molecule has 0 aromatic heterocycles. The van der Waals surface area contributed by atoms with Gasteiger partial charge >= 0.3 is 12.6 Å². The average molecular weight is 402 g/mol. The Morgan fingerprint density at radius 2 is 2.11 bits per heavy atom. The van der Waals surface area contributed by atoms with Gasteiger partial charge in [-0.2, -0.15) is 8.78 Å². The van der Waals surface area contributed by atoms with E-state index in [0.717, 1.165) is 0 Å². The number of ether oxygens (including phenoxy) is 2. The van der Waals surface area contributed by atoms with Crippen LogP contribution in [-0.4, -0.2) is 19.2 Å². The van der Waals surface area contributed by atoms with Crippen LogP contribution in [0.15, 0.2) is 16.6 Å². The first kappa shape index (κ1) is 16.4. The number of halogens is 4. The topological polar surface area (TPSA) is 35.5 Å². The minimum Gasteiger partial charge on any atom is -0.466 e. The van der Waals surface area contributed by atoms with Crippen molar-refractivity contribution in [3.63, 3.8) is 0 Å². The van der Waals surface area contributed by atoms with Crippen LogP contribution in [0.25, 0.3) is 0 Å². The zero-order valence-electron chi connectivity index (χ0n) is 10.1. The lowest BCUT2D eigenvalue weighted by Crippen LogP contribution is -2.10. The first-order valence-electron chi connectivity index (χ1n) is 5.45. The van der Waals surface area contributed by atoms with Crippen LogP contribution in [-0.2, 0) is 21.3 Å². The average Bonchev–Trinajstić information content (AvgIpc) is 2.31. The van der Waals surface area contributed by atoms with Crippen LogP contribution in [0, 0.1) is 0 Å². The van der Waals surface area contributed by atoms with Gasteiger partial charge in [-0.1, -0.05) is 31.9 Å². The summed E-state index contributed by atoms with van der Waals surface area (Å²) in [6.07, 6.45) is 0.0737. The Hall–Kier alpha value is -0.690. The smallest absolute Gasteiger partial charge is 0.387 e. The normalized spacial score (nSPS) is 10.6. The number of carbonyl (C=O) groups is 1. The predicted octanol–water partition coefficient (Wildman–Crippen LogP) is 4.05. The Morgan fingerprint density at radius 1 is 1.42 bits per heavy atom. The van der Waals surface area contributed by atoms with Gasteiger partial charge in [-0.25, -0.2) is 0 Å². The molecular weight excluding hydrogens is 390 g/mol. The monoisotopic (exact) mass is 400 g/mol. The van der Waals surface area contributed by atoms with Crippen molar-refractivity contribution < 1.29 is 23.0 Å². The number of hydrogen-bond acceptors (Lipinski definition) is 3. The van der Waals surface area contributed by atoms with E-state index in [4.69, 9.17) is 4.74 Å². The van der Waals surface area contributed by atoms with Gasteiger partial charge in [0.2, 0.25) is 0 Å². The van der Waals surface area contributed by atoms with E-state index in [-0.39, 0.29) is 18.1 Å². The molecule has 0 spiro atoms. The first-order valence-corrected chi connectivity index (χ1v) is 7.37. The van der Waals surface area contributed by atoms with Crippen molar-refractivity contribution in [3.8, 4) is 5.75 Å². The Balaban J connectivity index is 3.01. The lowest BCUT2D eigenvalue weighted by Gasteiger charge is -2.13. The molecule has 0 radical (unpaired) electrons. The van der Waals surface area contributed by atoms with Gasteiger partial charge in [0.05, 0.1) is 13.0 Å². The Morgan fingerprint density at radius 3 is 2.63 bits per heavy atom. The molecular formula is C12H12Br2F2O3. The molecule has 0 bridgehead atoms. The van der Waals surface area contributed by atoms with E-state index >= 15 is 0 Å². The van der Waals surface area contributed by atoms with Crippen molar-refractivity contribution in [1.82, 2.24) is 0 Å². The minimum atomic E-state index is -2.88. The van der Waals surface area contributed by atoms with Crippen LogP contribution in [0.3, 0.4) is 0 Å². The van der Waals surface area contributed by atoms with Crippen LogP contribution in [0.1, 0.15) is 18.1 Å². The van der Waals surface area contributed by atoms with Crippen molar-refractivity contribution in [1.29, 1.82) is 0 Å². The molecule has 0 fully saturated rings. The largest absolute Gasteiger partial charge is 0.466 e. The summed E-state index contributed by atoms with van der Waals surface area (Å²) >= 11 is 6.51. The number of rotatable bonds is 6. The molecule has 0 aliphatic heterocycles. The van der Waals surface area contributed by atoms with Gasteiger partial charge in [-0.3, -0.25) is 4.79 Å². The third kappa shape index (κ3) is 5.06. The van der Waals surface area contributed by atoms with E-state index in [1.165, 1.54) is 12.1 Å². The fraction of sp³-hybridized carbons (Fsp3) is 0.417. The van der Waals surface area contributed by atoms with Crippen LogP contribution in [0.4, 0.5) is 8.78 Å². The summed E-state index contributed by atoms with van der Waals surface area (Å²) in [5.74, 6) is -0.322. The van der Waals surface area contributed by atoms with E-state index < -0.39 is 6.61 Å². The molecule has 0 unspecified atom stereocenters. The van der Waals surface area contributed by atoms with E-state index in [1.54, 1.807) is 6.92 Å². The molecule has 1 aromatic carbocycles. The molecule has 0 aliphatic rings. The maximum Gasteiger partial charge on any atom is 0.387 e. The van der Waals surface area contributed by atoms with Gasteiger partial charge in [0, 0.05) is 9.80 Å². The zero-order chi connectivity index (χ0) is 14.4. The fourth-order valence-corrected chi connectivity index (χ4v) is 2.63. The summed E-state index contributed by atoms with van der Waals surface area (Å²) in [7, 11) is 0. The summed E-state index contributed by atoms with van der Waals surface area (Å²) in [6.45, 7) is -0.865. The van der Waals surface area contributed by atoms with E-state index in [9.17, 15) is 13.6 Å². The molecule has 7 heteroatoms. The van der Waals surface area contributed by atoms with Crippen LogP contribution >= 0.6 is 31.9 Å². The maximum atomic E-state index is 12.2. The summed E-state index contributed by atoms with van der Waals surface area (Å²) < 4.78 is 34.1. The van der Waals surface area contributed by atoms with Crippen molar-refractivity contribution in [2.24, 2.45) is 0 Å². The molecule has 1 aromatic rings. The van der Waals surface area contributed by atoms with Gasteiger partial charge in [-0.05, 0) is 30.2 Å². The highest BCUT2D eigenvalue weighted by Crippen LogP contribution is 2.30. The second-order valence-electron chi connectivity index (χ2n) is 3.54. The Bertz CT molecular complexity index is 453. The summed E-state index contributed by atoms with van der Waals surface area (Å²) in [5, 5.41) is 0.417. The Labute approximate surface area is 126 Å². The molecule has 0 saturated carbocycles. The van der Waals surface area contributed by atoms with Crippen molar-refractivity contribution >= 4 is 37.8 Å². The molecule has 0 amide bonds. The number of carbonyl (C=O) groups excluding carboxylic acids is 1. The predicted molar refractivity (Wildman–Crippen MR) is 73.7 cm³/mol. The first-order chi connectivity index (χ1) is 8.97. The van der Waals surface area contributed by atoms with Crippen LogP contribution < -0.4 is 4.74 Å². The quantitative estimate of drug-likeness (QED) is 0.532. The molecule has 0 saturated heterocycles. The van der Waals surface area contributed by atoms with E-state index in [1.807, 2.05) is 0 Å². The molecule has 1 rings (SSSR count). The highest BCUT2D eigenvalue weighted by Gasteiger charge is 2.15. The number of esters is 1. The second kappa shape index (κ2) is 7.79. The molecule has 0 heterocycles. The van der Waals surface area contributed by atoms with Gasteiger partial charge < -0.3 is 9.47 Å². The number of alkyl halides is 3. The maximum absolute atomic E-state index is 12.2. The molecule has 3 nitrogen and oxygen atoms in total. The third-order valence-corrected chi connectivity index (χ3v) is 3.57. The van der Waals surface area contributed by atoms with Gasteiger partial charge in [0.15, 0.2) is 0 Å². The molecule has 19 heavy (non-hydrogen) atoms. The lowest BCUT2D eigenvalue weighted by molar-refractivity contribution is -0.142. The van der Waals surface area contributed by atoms with Gasteiger partial charge in [-0.15, -0.1) is 0 Å². The minimum absolute atomic E-state index is 0.0453. The number of benzene rings is 1. The van der Waals surface area contributed by atoms with Crippen LogP contribution in [0.2, 0.25) is 0 Å².